The maximum atomic E-state index is 12.4. The van der Waals surface area contributed by atoms with Gasteiger partial charge in [-0.05, 0) is 44.7 Å². The van der Waals surface area contributed by atoms with E-state index in [2.05, 4.69) is 45.7 Å². The Morgan fingerprint density at radius 3 is 2.85 bits per heavy atom. The Bertz CT molecular complexity index is 656. The van der Waals surface area contributed by atoms with Crippen LogP contribution >= 0.6 is 15.9 Å². The van der Waals surface area contributed by atoms with Crippen LogP contribution in [0.5, 0.6) is 0 Å². The number of hydrogen-bond acceptors (Lipinski definition) is 1. The number of carbonyl (C=O) groups excluding carboxylic acids is 1. The van der Waals surface area contributed by atoms with Crippen molar-refractivity contribution < 1.29 is 4.79 Å². The summed E-state index contributed by atoms with van der Waals surface area (Å²) < 4.78 is 3.20. The zero-order chi connectivity index (χ0) is 14.3. The highest BCUT2D eigenvalue weighted by molar-refractivity contribution is 9.10. The van der Waals surface area contributed by atoms with Crippen LogP contribution in [0.25, 0.3) is 10.9 Å². The van der Waals surface area contributed by atoms with Gasteiger partial charge in [-0.1, -0.05) is 22.0 Å². The van der Waals surface area contributed by atoms with Crippen LogP contribution in [-0.2, 0) is 0 Å². The standard InChI is InChI=1S/C16H19BrN2O/c1-10(2)19-9-14(16(20)18-8-11-3-4-11)13-6-5-12(17)7-15(13)19/h5-7,9-11H,3-4,8H2,1-2H3,(H,18,20). The number of nitrogens with zero attached hydrogens (tertiary/aromatic N) is 1. The summed E-state index contributed by atoms with van der Waals surface area (Å²) in [6, 6.07) is 6.42. The van der Waals surface area contributed by atoms with Gasteiger partial charge in [0.15, 0.2) is 0 Å². The molecule has 20 heavy (non-hydrogen) atoms. The highest BCUT2D eigenvalue weighted by atomic mass is 79.9. The van der Waals surface area contributed by atoms with Gasteiger partial charge in [0.25, 0.3) is 5.91 Å². The Morgan fingerprint density at radius 2 is 2.20 bits per heavy atom. The number of halogens is 1. The molecule has 0 atom stereocenters. The second kappa shape index (κ2) is 5.24. The van der Waals surface area contributed by atoms with Gasteiger partial charge in [0.1, 0.15) is 0 Å². The van der Waals surface area contributed by atoms with Crippen LogP contribution in [0.1, 0.15) is 43.1 Å². The molecule has 1 amide bonds. The maximum absolute atomic E-state index is 12.4. The molecule has 0 bridgehead atoms. The summed E-state index contributed by atoms with van der Waals surface area (Å²) in [6.07, 6.45) is 4.48. The average molecular weight is 335 g/mol. The third-order valence-corrected chi connectivity index (χ3v) is 4.34. The molecule has 1 aliphatic carbocycles. The average Bonchev–Trinajstić information content (AvgIpc) is 3.15. The van der Waals surface area contributed by atoms with Gasteiger partial charge >= 0.3 is 0 Å². The molecule has 0 radical (unpaired) electrons. The van der Waals surface area contributed by atoms with E-state index in [-0.39, 0.29) is 5.91 Å². The van der Waals surface area contributed by atoms with E-state index in [4.69, 9.17) is 0 Å². The van der Waals surface area contributed by atoms with Crippen LogP contribution in [-0.4, -0.2) is 17.0 Å². The summed E-state index contributed by atoms with van der Waals surface area (Å²) in [5.74, 6) is 0.746. The van der Waals surface area contributed by atoms with E-state index in [1.54, 1.807) is 0 Å². The van der Waals surface area contributed by atoms with Crippen molar-refractivity contribution in [2.45, 2.75) is 32.7 Å². The highest BCUT2D eigenvalue weighted by Gasteiger charge is 2.23. The molecule has 0 unspecified atom stereocenters. The van der Waals surface area contributed by atoms with E-state index in [1.807, 2.05) is 18.3 Å². The third kappa shape index (κ3) is 2.62. The minimum atomic E-state index is 0.0450. The number of fused-ring (bicyclic) bond motifs is 1. The van der Waals surface area contributed by atoms with Crippen LogP contribution < -0.4 is 5.32 Å². The minimum Gasteiger partial charge on any atom is -0.352 e. The molecule has 0 aliphatic heterocycles. The zero-order valence-electron chi connectivity index (χ0n) is 11.8. The summed E-state index contributed by atoms with van der Waals surface area (Å²) in [5.41, 5.74) is 1.88. The van der Waals surface area contributed by atoms with Crippen molar-refractivity contribution in [3.63, 3.8) is 0 Å². The van der Waals surface area contributed by atoms with Gasteiger partial charge in [-0.3, -0.25) is 4.79 Å². The molecular formula is C16H19BrN2O. The van der Waals surface area contributed by atoms with Crippen molar-refractivity contribution >= 4 is 32.7 Å². The molecule has 1 aromatic carbocycles. The summed E-state index contributed by atoms with van der Waals surface area (Å²) in [7, 11) is 0. The fourth-order valence-electron chi connectivity index (χ4n) is 2.49. The molecule has 0 spiro atoms. The van der Waals surface area contributed by atoms with Crippen molar-refractivity contribution in [2.24, 2.45) is 5.92 Å². The Labute approximate surface area is 127 Å². The second-order valence-electron chi connectivity index (χ2n) is 5.86. The van der Waals surface area contributed by atoms with Gasteiger partial charge in [0, 0.05) is 28.6 Å². The normalized spacial score (nSPS) is 15.0. The first kappa shape index (κ1) is 13.7. The van der Waals surface area contributed by atoms with Gasteiger partial charge in [-0.15, -0.1) is 0 Å². The van der Waals surface area contributed by atoms with Crippen molar-refractivity contribution in [3.8, 4) is 0 Å². The minimum absolute atomic E-state index is 0.0450. The molecule has 3 rings (SSSR count). The SMILES string of the molecule is CC(C)n1cc(C(=O)NCC2CC2)c2ccc(Br)cc21. The van der Waals surface area contributed by atoms with E-state index < -0.39 is 0 Å². The van der Waals surface area contributed by atoms with Gasteiger partial charge < -0.3 is 9.88 Å². The third-order valence-electron chi connectivity index (χ3n) is 3.85. The second-order valence-corrected chi connectivity index (χ2v) is 6.77. The Balaban J connectivity index is 1.98. The fraction of sp³-hybridized carbons (Fsp3) is 0.438. The van der Waals surface area contributed by atoms with E-state index in [1.165, 1.54) is 12.8 Å². The van der Waals surface area contributed by atoms with E-state index in [0.29, 0.717) is 12.0 Å². The molecule has 106 valence electrons. The van der Waals surface area contributed by atoms with Gasteiger partial charge in [-0.2, -0.15) is 0 Å². The Hall–Kier alpha value is -1.29. The van der Waals surface area contributed by atoms with Crippen LogP contribution in [0.15, 0.2) is 28.9 Å². The van der Waals surface area contributed by atoms with Gasteiger partial charge in [-0.25, -0.2) is 0 Å². The molecule has 4 heteroatoms. The molecule has 1 N–H and O–H groups in total. The zero-order valence-corrected chi connectivity index (χ0v) is 13.4. The van der Waals surface area contributed by atoms with Crippen LogP contribution in [0.3, 0.4) is 0 Å². The molecule has 1 aliphatic rings. The molecule has 1 aromatic heterocycles. The molecule has 1 fully saturated rings. The van der Waals surface area contributed by atoms with Crippen LogP contribution in [0.4, 0.5) is 0 Å². The first-order valence-electron chi connectivity index (χ1n) is 7.14. The first-order valence-corrected chi connectivity index (χ1v) is 7.94. The van der Waals surface area contributed by atoms with E-state index in [9.17, 15) is 4.79 Å². The summed E-state index contributed by atoms with van der Waals surface area (Å²) in [6.45, 7) is 5.07. The molecule has 1 saturated carbocycles. The van der Waals surface area contributed by atoms with Gasteiger partial charge in [0.2, 0.25) is 0 Å². The van der Waals surface area contributed by atoms with Crippen LogP contribution in [0.2, 0.25) is 0 Å². The quantitative estimate of drug-likeness (QED) is 0.896. The Kier molecular flexibility index (Phi) is 3.59. The number of rotatable bonds is 4. The predicted octanol–water partition coefficient (Wildman–Crippen LogP) is 4.12. The number of benzene rings is 1. The molecule has 0 saturated heterocycles. The smallest absolute Gasteiger partial charge is 0.253 e. The van der Waals surface area contributed by atoms with Crippen molar-refractivity contribution in [2.75, 3.05) is 6.54 Å². The lowest BCUT2D eigenvalue weighted by Crippen LogP contribution is -2.25. The van der Waals surface area contributed by atoms with Crippen molar-refractivity contribution in [1.82, 2.24) is 9.88 Å². The Morgan fingerprint density at radius 1 is 1.45 bits per heavy atom. The molecular weight excluding hydrogens is 316 g/mol. The molecule has 2 aromatic rings. The monoisotopic (exact) mass is 334 g/mol. The number of carbonyl (C=O) groups is 1. The molecule has 3 nitrogen and oxygen atoms in total. The first-order chi connectivity index (χ1) is 9.56. The lowest BCUT2D eigenvalue weighted by Gasteiger charge is -2.08. The number of aromatic nitrogens is 1. The van der Waals surface area contributed by atoms with E-state index in [0.717, 1.165) is 27.5 Å². The van der Waals surface area contributed by atoms with Crippen LogP contribution in [0, 0.1) is 5.92 Å². The van der Waals surface area contributed by atoms with Crippen molar-refractivity contribution in [1.29, 1.82) is 0 Å². The maximum Gasteiger partial charge on any atom is 0.253 e. The summed E-state index contributed by atoms with van der Waals surface area (Å²) in [5, 5.41) is 4.08. The largest absolute Gasteiger partial charge is 0.352 e. The van der Waals surface area contributed by atoms with E-state index >= 15 is 0 Å². The highest BCUT2D eigenvalue weighted by Crippen LogP contribution is 2.29. The summed E-state index contributed by atoms with van der Waals surface area (Å²) >= 11 is 3.51. The van der Waals surface area contributed by atoms with Crippen molar-refractivity contribution in [3.05, 3.63) is 34.4 Å². The number of nitrogens with one attached hydrogen (secondary N) is 1. The summed E-state index contributed by atoms with van der Waals surface area (Å²) in [4.78, 5) is 12.4. The molecule has 1 heterocycles. The fourth-order valence-corrected chi connectivity index (χ4v) is 2.84. The van der Waals surface area contributed by atoms with Gasteiger partial charge in [0.05, 0.1) is 11.1 Å². The predicted molar refractivity (Wildman–Crippen MR) is 85.1 cm³/mol. The number of amides is 1. The topological polar surface area (TPSA) is 34.0 Å². The lowest BCUT2D eigenvalue weighted by molar-refractivity contribution is 0.0953. The number of hydrogen-bond donors (Lipinski definition) is 1. The lowest BCUT2D eigenvalue weighted by atomic mass is 10.1.